The molecule has 0 aliphatic rings. The third-order valence-electron chi connectivity index (χ3n) is 1.20. The average molecular weight is 270 g/mol. The summed E-state index contributed by atoms with van der Waals surface area (Å²) in [5, 5.41) is 7.28. The Morgan fingerprint density at radius 2 is 1.35 bits per heavy atom. The van der Waals surface area contributed by atoms with Crippen molar-refractivity contribution >= 4 is 0 Å². The minimum atomic E-state index is -6.10. The normalized spacial score (nSPS) is 12.2. The van der Waals surface area contributed by atoms with E-state index in [4.69, 9.17) is 5.11 Å². The van der Waals surface area contributed by atoms with Crippen LogP contribution in [0.2, 0.25) is 0 Å². The Labute approximate surface area is 92.0 Å². The summed E-state index contributed by atoms with van der Waals surface area (Å²) in [5.41, 5.74) is 0. The van der Waals surface area contributed by atoms with Crippen LogP contribution < -0.4 is 0 Å². The third-order valence-corrected chi connectivity index (χ3v) is 1.20. The molecule has 0 saturated carbocycles. The first-order valence-corrected chi connectivity index (χ1v) is 3.77. The number of rotatable bonds is 5. The van der Waals surface area contributed by atoms with Crippen molar-refractivity contribution in [2.75, 3.05) is 6.67 Å². The fraction of sp³-hybridized carbons (Fsp3) is 0.500. The van der Waals surface area contributed by atoms with Gasteiger partial charge in [0, 0.05) is 0 Å². The second-order valence-corrected chi connectivity index (χ2v) is 2.42. The van der Waals surface area contributed by atoms with Gasteiger partial charge in [0.15, 0.2) is 6.67 Å². The Morgan fingerprint density at radius 3 is 1.41 bits per heavy atom. The molecule has 0 rings (SSSR count). The zero-order valence-corrected chi connectivity index (χ0v) is 8.28. The van der Waals surface area contributed by atoms with Crippen molar-refractivity contribution in [1.29, 1.82) is 0 Å². The van der Waals surface area contributed by atoms with E-state index < -0.39 is 24.6 Å². The molecule has 0 unspecified atom stereocenters. The quantitative estimate of drug-likeness (QED) is 0.614. The van der Waals surface area contributed by atoms with Gasteiger partial charge in [0.1, 0.15) is 0 Å². The van der Waals surface area contributed by atoms with Crippen LogP contribution in [0.15, 0.2) is 25.7 Å². The van der Waals surface area contributed by atoms with E-state index >= 15 is 0 Å². The van der Waals surface area contributed by atoms with E-state index in [0.29, 0.717) is 0 Å². The van der Waals surface area contributed by atoms with Crippen LogP contribution in [0.4, 0.5) is 30.7 Å². The monoisotopic (exact) mass is 270 g/mol. The molecule has 0 amide bonds. The number of hydrogen-bond donors (Lipinski definition) is 1. The Balaban J connectivity index is 0. The van der Waals surface area contributed by atoms with E-state index in [0.717, 1.165) is 0 Å². The molecule has 2 nitrogen and oxygen atoms in total. The molecule has 0 aliphatic carbocycles. The topological polar surface area (TPSA) is 29.5 Å². The van der Waals surface area contributed by atoms with Gasteiger partial charge in [-0.3, -0.25) is 0 Å². The predicted molar refractivity (Wildman–Crippen MR) is 44.5 cm³/mol. The van der Waals surface area contributed by atoms with E-state index in [2.05, 4.69) is 17.9 Å². The summed E-state index contributed by atoms with van der Waals surface area (Å²) in [6.07, 6.45) is -3.32. The van der Waals surface area contributed by atoms with Crippen LogP contribution >= 0.6 is 0 Å². The van der Waals surface area contributed by atoms with Crippen molar-refractivity contribution in [3.05, 3.63) is 25.7 Å². The molecule has 0 radical (unpaired) electrons. The first kappa shape index (κ1) is 18.1. The predicted octanol–water partition coefficient (Wildman–Crippen LogP) is 3.10. The fourth-order valence-electron chi connectivity index (χ4n) is 0.372. The van der Waals surface area contributed by atoms with Gasteiger partial charge in [-0.05, 0) is 0 Å². The van der Waals surface area contributed by atoms with Gasteiger partial charge < -0.3 is 9.84 Å². The van der Waals surface area contributed by atoms with E-state index in [-0.39, 0.29) is 0 Å². The van der Waals surface area contributed by atoms with E-state index in [1.807, 2.05) is 0 Å². The van der Waals surface area contributed by atoms with Crippen molar-refractivity contribution in [3.63, 3.8) is 0 Å². The van der Waals surface area contributed by atoms with Gasteiger partial charge in [0.2, 0.25) is 0 Å². The SMILES string of the molecule is C=COC=C.OC(F)(F)C(F)(F)C(F)(F)CF. The molecule has 0 bridgehead atoms. The molecule has 0 atom stereocenters. The fourth-order valence-corrected chi connectivity index (χ4v) is 0.372. The first-order chi connectivity index (χ1) is 7.47. The molecule has 0 aliphatic heterocycles. The number of aliphatic hydroxyl groups is 1. The van der Waals surface area contributed by atoms with Gasteiger partial charge in [-0.1, -0.05) is 13.2 Å². The average Bonchev–Trinajstić information content (AvgIpc) is 2.18. The summed E-state index contributed by atoms with van der Waals surface area (Å²) in [5.74, 6) is -11.7. The minimum absolute atomic E-state index is 1.31. The Morgan fingerprint density at radius 1 is 1.00 bits per heavy atom. The first-order valence-electron chi connectivity index (χ1n) is 3.77. The standard InChI is InChI=1S/C4H3F7O.C4H6O/c5-1-2(6,7)3(8,9)4(10,11)12;1-3-5-4-2/h12H,1H2;3-4H,1-2H2. The summed E-state index contributed by atoms with van der Waals surface area (Å²) in [6, 6.07) is 0. The molecule has 0 aromatic carbocycles. The van der Waals surface area contributed by atoms with Crippen LogP contribution in [0.3, 0.4) is 0 Å². The highest BCUT2D eigenvalue weighted by Crippen LogP contribution is 2.44. The summed E-state index contributed by atoms with van der Waals surface area (Å²) in [7, 11) is 0. The highest BCUT2D eigenvalue weighted by Gasteiger charge is 2.71. The minimum Gasteiger partial charge on any atom is -0.474 e. The molecular formula is C8H9F7O2. The highest BCUT2D eigenvalue weighted by molar-refractivity contribution is 4.90. The van der Waals surface area contributed by atoms with Crippen molar-refractivity contribution in [2.24, 2.45) is 0 Å². The maximum atomic E-state index is 11.7. The second kappa shape index (κ2) is 6.48. The van der Waals surface area contributed by atoms with Crippen LogP contribution in [-0.2, 0) is 4.74 Å². The summed E-state index contributed by atoms with van der Waals surface area (Å²) >= 11 is 0. The molecule has 0 heterocycles. The largest absolute Gasteiger partial charge is 0.474 e. The van der Waals surface area contributed by atoms with Gasteiger partial charge in [0.25, 0.3) is 0 Å². The van der Waals surface area contributed by atoms with Crippen molar-refractivity contribution in [2.45, 2.75) is 18.0 Å². The smallest absolute Gasteiger partial charge is 0.423 e. The van der Waals surface area contributed by atoms with Crippen molar-refractivity contribution in [1.82, 2.24) is 0 Å². The van der Waals surface area contributed by atoms with E-state index in [1.54, 1.807) is 0 Å². The molecule has 0 aromatic rings. The van der Waals surface area contributed by atoms with Gasteiger partial charge >= 0.3 is 18.0 Å². The van der Waals surface area contributed by atoms with E-state index in [9.17, 15) is 30.7 Å². The van der Waals surface area contributed by atoms with Crippen molar-refractivity contribution in [3.8, 4) is 0 Å². The second-order valence-electron chi connectivity index (χ2n) is 2.42. The lowest BCUT2D eigenvalue weighted by Gasteiger charge is -2.27. The summed E-state index contributed by atoms with van der Waals surface area (Å²) in [6.45, 7) is 3.54. The molecule has 0 spiro atoms. The molecule has 9 heteroatoms. The maximum Gasteiger partial charge on any atom is 0.423 e. The molecule has 102 valence electrons. The van der Waals surface area contributed by atoms with Gasteiger partial charge in [-0.15, -0.1) is 0 Å². The lowest BCUT2D eigenvalue weighted by Crippen LogP contribution is -2.55. The summed E-state index contributed by atoms with van der Waals surface area (Å²) < 4.78 is 84.9. The zero-order valence-electron chi connectivity index (χ0n) is 8.28. The van der Waals surface area contributed by atoms with Crippen LogP contribution in [0, 0.1) is 0 Å². The maximum absolute atomic E-state index is 11.7. The molecule has 0 fully saturated rings. The number of alkyl halides is 7. The molecule has 0 saturated heterocycles. The van der Waals surface area contributed by atoms with Crippen LogP contribution in [0.5, 0.6) is 0 Å². The third kappa shape index (κ3) is 5.07. The van der Waals surface area contributed by atoms with Crippen LogP contribution in [0.1, 0.15) is 0 Å². The lowest BCUT2D eigenvalue weighted by molar-refractivity contribution is -0.385. The van der Waals surface area contributed by atoms with Crippen LogP contribution in [0.25, 0.3) is 0 Å². The number of ether oxygens (including phenoxy) is 1. The summed E-state index contributed by atoms with van der Waals surface area (Å²) in [4.78, 5) is 0. The Hall–Kier alpha value is -1.25. The Bertz CT molecular complexity index is 241. The molecule has 0 aromatic heterocycles. The zero-order chi connectivity index (χ0) is 14.3. The van der Waals surface area contributed by atoms with E-state index in [1.165, 1.54) is 12.5 Å². The van der Waals surface area contributed by atoms with Crippen LogP contribution in [-0.4, -0.2) is 29.7 Å². The molecular weight excluding hydrogens is 261 g/mol. The number of halogens is 7. The number of hydrogen-bond acceptors (Lipinski definition) is 2. The molecule has 1 N–H and O–H groups in total. The highest BCUT2D eigenvalue weighted by atomic mass is 19.4. The lowest BCUT2D eigenvalue weighted by atomic mass is 10.2. The van der Waals surface area contributed by atoms with Gasteiger partial charge in [-0.2, -0.15) is 26.3 Å². The molecule has 17 heavy (non-hydrogen) atoms. The van der Waals surface area contributed by atoms with Crippen molar-refractivity contribution < 1.29 is 40.6 Å². The van der Waals surface area contributed by atoms with Gasteiger partial charge in [0.05, 0.1) is 12.5 Å². The Kier molecular flexibility index (Phi) is 6.91. The van der Waals surface area contributed by atoms with Gasteiger partial charge in [-0.25, -0.2) is 4.39 Å².